The Hall–Kier alpha value is -5.08. The van der Waals surface area contributed by atoms with Crippen molar-refractivity contribution in [2.24, 2.45) is 0 Å². The third-order valence-electron chi connectivity index (χ3n) is 9.29. The van der Waals surface area contributed by atoms with Crippen LogP contribution in [0, 0.1) is 0 Å². The Morgan fingerprint density at radius 3 is 1.18 bits per heavy atom. The molecule has 0 aliphatic rings. The van der Waals surface area contributed by atoms with Crippen molar-refractivity contribution in [3.8, 4) is 22.6 Å². The Kier molecular flexibility index (Phi) is 12.6. The lowest BCUT2D eigenvalue weighted by atomic mass is 9.97. The summed E-state index contributed by atoms with van der Waals surface area (Å²) in [6.07, 6.45) is 18.1. The maximum absolute atomic E-state index is 6.53. The molecule has 2 nitrogen and oxygen atoms in total. The molecule has 0 bridgehead atoms. The van der Waals surface area contributed by atoms with Gasteiger partial charge in [-0.3, -0.25) is 0 Å². The highest BCUT2D eigenvalue weighted by Crippen LogP contribution is 2.39. The van der Waals surface area contributed by atoms with Gasteiger partial charge in [0.1, 0.15) is 11.5 Å². The van der Waals surface area contributed by atoms with Gasteiger partial charge in [-0.25, -0.2) is 0 Å². The van der Waals surface area contributed by atoms with Gasteiger partial charge in [-0.05, 0) is 93.0 Å². The Morgan fingerprint density at radius 1 is 0.380 bits per heavy atom. The van der Waals surface area contributed by atoms with Crippen molar-refractivity contribution < 1.29 is 9.47 Å². The Bertz CT molecular complexity index is 1900. The number of rotatable bonds is 17. The molecule has 0 atom stereocenters. The lowest BCUT2D eigenvalue weighted by Gasteiger charge is -2.17. The zero-order chi connectivity index (χ0) is 34.4. The van der Waals surface area contributed by atoms with Crippen molar-refractivity contribution in [3.63, 3.8) is 0 Å². The highest BCUT2D eigenvalue weighted by atomic mass is 16.5. The van der Waals surface area contributed by atoms with Gasteiger partial charge in [0.05, 0.1) is 13.2 Å². The Balaban J connectivity index is 1.35. The van der Waals surface area contributed by atoms with Crippen molar-refractivity contribution in [1.82, 2.24) is 0 Å². The predicted molar refractivity (Wildman–Crippen MR) is 217 cm³/mol. The van der Waals surface area contributed by atoms with Gasteiger partial charge < -0.3 is 9.47 Å². The van der Waals surface area contributed by atoms with Gasteiger partial charge in [-0.15, -0.1) is 0 Å². The lowest BCUT2D eigenvalue weighted by molar-refractivity contribution is 0.302. The van der Waals surface area contributed by atoms with E-state index in [0.29, 0.717) is 13.2 Å². The summed E-state index contributed by atoms with van der Waals surface area (Å²) in [6, 6.07) is 43.4. The van der Waals surface area contributed by atoms with Crippen molar-refractivity contribution in [1.29, 1.82) is 0 Å². The summed E-state index contributed by atoms with van der Waals surface area (Å²) < 4.78 is 13.1. The maximum Gasteiger partial charge on any atom is 0.127 e. The van der Waals surface area contributed by atoms with Gasteiger partial charge in [0.15, 0.2) is 0 Å². The molecule has 0 N–H and O–H groups in total. The molecule has 0 radical (unpaired) electrons. The van der Waals surface area contributed by atoms with Crippen LogP contribution in [0.2, 0.25) is 0 Å². The van der Waals surface area contributed by atoms with Gasteiger partial charge in [-0.2, -0.15) is 0 Å². The summed E-state index contributed by atoms with van der Waals surface area (Å²) in [5.74, 6) is 1.80. The van der Waals surface area contributed by atoms with E-state index in [1.807, 2.05) is 0 Å². The minimum absolute atomic E-state index is 0.702. The first-order chi connectivity index (χ1) is 24.7. The number of hydrogen-bond donors (Lipinski definition) is 0. The van der Waals surface area contributed by atoms with Crippen molar-refractivity contribution in [3.05, 3.63) is 144 Å². The standard InChI is InChI=1S/C48H50O2/c1-3-5-7-13-31-49-47-29-25-39(21-19-37-23-27-41-15-9-11-17-43(41)33-37)35-45(47)46-36-40(26-30-48(46)50-32-14-8-6-4-2)22-20-38-24-28-42-16-10-12-18-44(42)34-38/h9-12,15-30,33-36H,3-8,13-14,31-32H2,1-2H3/b21-19+,22-20+. The summed E-state index contributed by atoms with van der Waals surface area (Å²) in [7, 11) is 0. The van der Waals surface area contributed by atoms with Gasteiger partial charge in [0.2, 0.25) is 0 Å². The Labute approximate surface area is 299 Å². The molecule has 0 aliphatic heterocycles. The molecular weight excluding hydrogens is 609 g/mol. The molecule has 6 aromatic rings. The molecule has 6 aromatic carbocycles. The summed E-state index contributed by atoms with van der Waals surface area (Å²) in [5, 5.41) is 5.00. The van der Waals surface area contributed by atoms with Gasteiger partial charge in [0.25, 0.3) is 0 Å². The van der Waals surface area contributed by atoms with Crippen LogP contribution in [0.3, 0.4) is 0 Å². The number of hydrogen-bond acceptors (Lipinski definition) is 2. The third kappa shape index (κ3) is 9.54. The highest BCUT2D eigenvalue weighted by Gasteiger charge is 2.14. The molecule has 0 spiro atoms. The number of ether oxygens (including phenoxy) is 2. The fraction of sp³-hybridized carbons (Fsp3) is 0.250. The average molecular weight is 659 g/mol. The molecule has 2 heteroatoms. The average Bonchev–Trinajstić information content (AvgIpc) is 3.16. The van der Waals surface area contributed by atoms with E-state index < -0.39 is 0 Å². The topological polar surface area (TPSA) is 18.5 Å². The maximum atomic E-state index is 6.53. The fourth-order valence-corrected chi connectivity index (χ4v) is 6.40. The second-order valence-corrected chi connectivity index (χ2v) is 13.2. The molecule has 0 amide bonds. The molecular formula is C48H50O2. The van der Waals surface area contributed by atoms with Crippen LogP contribution in [-0.2, 0) is 0 Å². The van der Waals surface area contributed by atoms with Crippen LogP contribution in [0.5, 0.6) is 11.5 Å². The monoisotopic (exact) mass is 658 g/mol. The SMILES string of the molecule is CCCCCCOc1ccc(/C=C/c2ccc3ccccc3c2)cc1-c1cc(/C=C/c2ccc3ccccc3c2)ccc1OCCCCCC. The molecule has 50 heavy (non-hydrogen) atoms. The van der Waals surface area contributed by atoms with Crippen LogP contribution in [-0.4, -0.2) is 13.2 Å². The van der Waals surface area contributed by atoms with E-state index in [-0.39, 0.29) is 0 Å². The second-order valence-electron chi connectivity index (χ2n) is 13.2. The predicted octanol–water partition coefficient (Wildman–Crippen LogP) is 13.9. The summed E-state index contributed by atoms with van der Waals surface area (Å²) in [5.41, 5.74) is 6.73. The van der Waals surface area contributed by atoms with Gasteiger partial charge in [-0.1, -0.05) is 162 Å². The van der Waals surface area contributed by atoms with Crippen LogP contribution in [0.25, 0.3) is 57.0 Å². The van der Waals surface area contributed by atoms with Crippen LogP contribution in [0.1, 0.15) is 87.5 Å². The summed E-state index contributed by atoms with van der Waals surface area (Å²) in [6.45, 7) is 5.89. The van der Waals surface area contributed by atoms with E-state index >= 15 is 0 Å². The van der Waals surface area contributed by atoms with Crippen molar-refractivity contribution >= 4 is 45.8 Å². The minimum Gasteiger partial charge on any atom is -0.493 e. The summed E-state index contributed by atoms with van der Waals surface area (Å²) >= 11 is 0. The quantitative estimate of drug-likeness (QED) is 0.0717. The zero-order valence-corrected chi connectivity index (χ0v) is 29.7. The van der Waals surface area contributed by atoms with E-state index in [1.54, 1.807) is 0 Å². The van der Waals surface area contributed by atoms with Crippen LogP contribution < -0.4 is 9.47 Å². The van der Waals surface area contributed by atoms with Crippen LogP contribution in [0.4, 0.5) is 0 Å². The molecule has 0 fully saturated rings. The van der Waals surface area contributed by atoms with Gasteiger partial charge in [0, 0.05) is 11.1 Å². The normalized spacial score (nSPS) is 11.6. The first-order valence-electron chi connectivity index (χ1n) is 18.6. The summed E-state index contributed by atoms with van der Waals surface area (Å²) in [4.78, 5) is 0. The van der Waals surface area contributed by atoms with Crippen molar-refractivity contribution in [2.75, 3.05) is 13.2 Å². The van der Waals surface area contributed by atoms with E-state index in [0.717, 1.165) is 46.6 Å². The molecule has 6 rings (SSSR count). The number of benzene rings is 6. The van der Waals surface area contributed by atoms with Crippen molar-refractivity contribution in [2.45, 2.75) is 65.2 Å². The molecule has 0 heterocycles. The largest absolute Gasteiger partial charge is 0.493 e. The van der Waals surface area contributed by atoms with E-state index in [1.165, 1.54) is 71.2 Å². The third-order valence-corrected chi connectivity index (χ3v) is 9.29. The smallest absolute Gasteiger partial charge is 0.127 e. The first kappa shape index (κ1) is 34.8. The molecule has 0 aromatic heterocycles. The molecule has 0 unspecified atom stereocenters. The van der Waals surface area contributed by atoms with E-state index in [2.05, 4.69) is 159 Å². The van der Waals surface area contributed by atoms with Crippen LogP contribution in [0.15, 0.2) is 121 Å². The number of fused-ring (bicyclic) bond motifs is 2. The highest BCUT2D eigenvalue weighted by molar-refractivity contribution is 5.88. The first-order valence-corrected chi connectivity index (χ1v) is 18.6. The molecule has 0 saturated carbocycles. The lowest BCUT2D eigenvalue weighted by Crippen LogP contribution is -2.02. The van der Waals surface area contributed by atoms with Crippen LogP contribution >= 0.6 is 0 Å². The minimum atomic E-state index is 0.702. The second kappa shape index (κ2) is 18.1. The molecule has 0 aliphatic carbocycles. The molecule has 0 saturated heterocycles. The number of unbranched alkanes of at least 4 members (excludes halogenated alkanes) is 6. The Morgan fingerprint density at radius 2 is 0.760 bits per heavy atom. The van der Waals surface area contributed by atoms with Gasteiger partial charge >= 0.3 is 0 Å². The van der Waals surface area contributed by atoms with E-state index in [9.17, 15) is 0 Å². The fourth-order valence-electron chi connectivity index (χ4n) is 6.40. The molecule has 254 valence electrons. The zero-order valence-electron chi connectivity index (χ0n) is 29.7. The van der Waals surface area contributed by atoms with E-state index in [4.69, 9.17) is 9.47 Å².